The van der Waals surface area contributed by atoms with Gasteiger partial charge in [0.2, 0.25) is 0 Å². The van der Waals surface area contributed by atoms with Gasteiger partial charge < -0.3 is 0 Å². The van der Waals surface area contributed by atoms with E-state index in [9.17, 15) is 0 Å². The van der Waals surface area contributed by atoms with E-state index in [4.69, 9.17) is 0 Å². The molecule has 0 aliphatic heterocycles. The highest BCUT2D eigenvalue weighted by atomic mass is 32.1. The van der Waals surface area contributed by atoms with Gasteiger partial charge in [-0.05, 0) is 37.2 Å². The van der Waals surface area contributed by atoms with Gasteiger partial charge in [-0.15, -0.1) is 12.6 Å². The number of rotatable bonds is 6. The largest absolute Gasteiger partial charge is 0.175 e. The van der Waals surface area contributed by atoms with Crippen molar-refractivity contribution in [2.24, 2.45) is 0 Å². The fraction of sp³-hybridized carbons (Fsp3) is 0.429. The minimum Gasteiger partial charge on any atom is -0.175 e. The van der Waals surface area contributed by atoms with E-state index in [1.165, 1.54) is 11.1 Å². The summed E-state index contributed by atoms with van der Waals surface area (Å²) in [7, 11) is 0. The van der Waals surface area contributed by atoms with Crippen molar-refractivity contribution in [1.82, 2.24) is 0 Å². The summed E-state index contributed by atoms with van der Waals surface area (Å²) in [6.07, 6.45) is 12.6. The van der Waals surface area contributed by atoms with Crippen molar-refractivity contribution in [1.29, 1.82) is 0 Å². The van der Waals surface area contributed by atoms with Crippen LogP contribution in [-0.2, 0) is 0 Å². The Morgan fingerprint density at radius 1 is 1.19 bits per heavy atom. The third-order valence-electron chi connectivity index (χ3n) is 2.11. The van der Waals surface area contributed by atoms with Crippen LogP contribution in [0.15, 0.2) is 46.4 Å². The zero-order valence-corrected chi connectivity index (χ0v) is 12.2. The Kier molecular flexibility index (Phi) is 9.65. The average Bonchev–Trinajstić information content (AvgIpc) is 2.24. The van der Waals surface area contributed by atoms with Crippen molar-refractivity contribution in [2.75, 3.05) is 5.75 Å². The number of hydrogen-bond acceptors (Lipinski definition) is 2. The van der Waals surface area contributed by atoms with Crippen molar-refractivity contribution in [3.05, 3.63) is 46.4 Å². The van der Waals surface area contributed by atoms with E-state index < -0.39 is 0 Å². The van der Waals surface area contributed by atoms with Crippen LogP contribution in [0.5, 0.6) is 0 Å². The van der Waals surface area contributed by atoms with E-state index >= 15 is 0 Å². The Morgan fingerprint density at radius 3 is 2.38 bits per heavy atom. The molecule has 90 valence electrons. The average molecular weight is 254 g/mol. The smallest absolute Gasteiger partial charge is 0.00856 e. The first-order chi connectivity index (χ1) is 7.61. The summed E-state index contributed by atoms with van der Waals surface area (Å²) in [5.41, 5.74) is 2.63. The molecule has 0 rings (SSSR count). The maximum atomic E-state index is 4.42. The summed E-state index contributed by atoms with van der Waals surface area (Å²) in [6.45, 7) is 6.31. The molecule has 0 unspecified atom stereocenters. The third-order valence-corrected chi connectivity index (χ3v) is 2.61. The summed E-state index contributed by atoms with van der Waals surface area (Å²) >= 11 is 8.54. The summed E-state index contributed by atoms with van der Waals surface area (Å²) in [4.78, 5) is 1.09. The Hall–Kier alpha value is -0.340. The van der Waals surface area contributed by atoms with E-state index in [1.54, 1.807) is 0 Å². The highest BCUT2D eigenvalue weighted by molar-refractivity contribution is 7.84. The summed E-state index contributed by atoms with van der Waals surface area (Å²) in [5.74, 6) is 0.786. The van der Waals surface area contributed by atoms with Gasteiger partial charge in [-0.3, -0.25) is 0 Å². The Morgan fingerprint density at radius 2 is 1.88 bits per heavy atom. The molecule has 0 aromatic carbocycles. The van der Waals surface area contributed by atoms with Gasteiger partial charge in [0.25, 0.3) is 0 Å². The lowest BCUT2D eigenvalue weighted by Crippen LogP contribution is -1.84. The summed E-state index contributed by atoms with van der Waals surface area (Å²) in [5, 5.41) is 0. The second kappa shape index (κ2) is 9.86. The lowest BCUT2D eigenvalue weighted by atomic mass is 10.1. The van der Waals surface area contributed by atoms with Gasteiger partial charge in [0, 0.05) is 5.75 Å². The Labute approximate surface area is 111 Å². The van der Waals surface area contributed by atoms with Gasteiger partial charge in [0.15, 0.2) is 0 Å². The molecular weight excluding hydrogens is 232 g/mol. The van der Waals surface area contributed by atoms with Gasteiger partial charge in [0.1, 0.15) is 0 Å². The van der Waals surface area contributed by atoms with Gasteiger partial charge >= 0.3 is 0 Å². The number of hydrogen-bond donors (Lipinski definition) is 2. The molecule has 0 heterocycles. The molecule has 0 N–H and O–H groups in total. The molecule has 0 spiro atoms. The predicted molar refractivity (Wildman–Crippen MR) is 82.5 cm³/mol. The normalized spacial score (nSPS) is 14.9. The maximum Gasteiger partial charge on any atom is 0.00856 e. The first-order valence-electron chi connectivity index (χ1n) is 5.60. The fourth-order valence-corrected chi connectivity index (χ4v) is 1.50. The molecule has 0 atom stereocenters. The van der Waals surface area contributed by atoms with Crippen LogP contribution >= 0.6 is 25.3 Å². The van der Waals surface area contributed by atoms with Crippen molar-refractivity contribution in [3.8, 4) is 0 Å². The Bertz CT molecular complexity index is 303. The second-order valence-electron chi connectivity index (χ2n) is 3.72. The second-order valence-corrected chi connectivity index (χ2v) is 4.76. The molecular formula is C14H22S2. The molecule has 0 bridgehead atoms. The van der Waals surface area contributed by atoms with Crippen molar-refractivity contribution < 1.29 is 0 Å². The van der Waals surface area contributed by atoms with Crippen LogP contribution in [0.2, 0.25) is 0 Å². The van der Waals surface area contributed by atoms with E-state index in [1.807, 2.05) is 13.0 Å². The van der Waals surface area contributed by atoms with E-state index in [2.05, 4.69) is 63.4 Å². The highest BCUT2D eigenvalue weighted by Crippen LogP contribution is 2.18. The van der Waals surface area contributed by atoms with Crippen LogP contribution in [0.4, 0.5) is 0 Å². The SMILES string of the molecule is CC/C=C\C(C/C(C)=C\C=C/CS)=C(/C)S. The third kappa shape index (κ3) is 7.89. The fourth-order valence-electron chi connectivity index (χ4n) is 1.22. The molecule has 0 saturated heterocycles. The predicted octanol–water partition coefficient (Wildman–Crippen LogP) is 4.98. The molecule has 0 aromatic rings. The number of thiol groups is 2. The molecule has 0 aromatic heterocycles. The summed E-state index contributed by atoms with van der Waals surface area (Å²) in [6, 6.07) is 0. The van der Waals surface area contributed by atoms with Crippen LogP contribution in [0.3, 0.4) is 0 Å². The van der Waals surface area contributed by atoms with Gasteiger partial charge in [-0.2, -0.15) is 12.6 Å². The molecule has 0 aliphatic carbocycles. The first-order valence-corrected chi connectivity index (χ1v) is 6.68. The minimum absolute atomic E-state index is 0.786. The van der Waals surface area contributed by atoms with Gasteiger partial charge in [-0.1, -0.05) is 42.9 Å². The standard InChI is InChI=1S/C14H22S2/c1-4-5-9-14(13(3)16)11-12(2)8-6-7-10-15/h5-9,15-16H,4,10-11H2,1-3H3/b7-6-,9-5-,12-8-,14-13-. The van der Waals surface area contributed by atoms with Gasteiger partial charge in [-0.25, -0.2) is 0 Å². The zero-order chi connectivity index (χ0) is 12.4. The van der Waals surface area contributed by atoms with Crippen molar-refractivity contribution in [2.45, 2.75) is 33.6 Å². The monoisotopic (exact) mass is 254 g/mol. The van der Waals surface area contributed by atoms with Crippen LogP contribution in [0.25, 0.3) is 0 Å². The zero-order valence-electron chi connectivity index (χ0n) is 10.4. The molecule has 0 aliphatic rings. The van der Waals surface area contributed by atoms with E-state index in [-0.39, 0.29) is 0 Å². The molecule has 2 heteroatoms. The van der Waals surface area contributed by atoms with Crippen LogP contribution in [0, 0.1) is 0 Å². The van der Waals surface area contributed by atoms with Crippen molar-refractivity contribution >= 4 is 25.3 Å². The van der Waals surface area contributed by atoms with Crippen LogP contribution in [-0.4, -0.2) is 5.75 Å². The maximum absolute atomic E-state index is 4.42. The lowest BCUT2D eigenvalue weighted by molar-refractivity contribution is 1.13. The molecule has 16 heavy (non-hydrogen) atoms. The quantitative estimate of drug-likeness (QED) is 0.485. The van der Waals surface area contributed by atoms with E-state index in [0.29, 0.717) is 0 Å². The molecule has 0 radical (unpaired) electrons. The van der Waals surface area contributed by atoms with Crippen molar-refractivity contribution in [3.63, 3.8) is 0 Å². The topological polar surface area (TPSA) is 0 Å². The highest BCUT2D eigenvalue weighted by Gasteiger charge is 1.97. The lowest BCUT2D eigenvalue weighted by Gasteiger charge is -2.04. The Balaban J connectivity index is 4.54. The molecule has 0 saturated carbocycles. The first kappa shape index (κ1) is 15.7. The van der Waals surface area contributed by atoms with Crippen LogP contribution in [0.1, 0.15) is 33.6 Å². The summed E-state index contributed by atoms with van der Waals surface area (Å²) < 4.78 is 0. The van der Waals surface area contributed by atoms with E-state index in [0.717, 1.165) is 23.5 Å². The molecule has 0 amide bonds. The van der Waals surface area contributed by atoms with Gasteiger partial charge in [0.05, 0.1) is 0 Å². The van der Waals surface area contributed by atoms with Crippen LogP contribution < -0.4 is 0 Å². The molecule has 0 nitrogen and oxygen atoms in total. The minimum atomic E-state index is 0.786. The number of allylic oxidation sites excluding steroid dienone is 7. The molecule has 0 fully saturated rings.